The number of nitrogens with one attached hydrogen (secondary N) is 1. The smallest absolute Gasteiger partial charge is 0.224 e. The lowest BCUT2D eigenvalue weighted by atomic mass is 10.1. The van der Waals surface area contributed by atoms with Gasteiger partial charge in [0.2, 0.25) is 11.8 Å². The van der Waals surface area contributed by atoms with E-state index in [4.69, 9.17) is 0 Å². The van der Waals surface area contributed by atoms with Crippen molar-refractivity contribution in [3.63, 3.8) is 0 Å². The van der Waals surface area contributed by atoms with Gasteiger partial charge in [-0.15, -0.1) is 0 Å². The zero-order valence-corrected chi connectivity index (χ0v) is 12.7. The predicted octanol–water partition coefficient (Wildman–Crippen LogP) is 2.40. The average Bonchev–Trinajstić information content (AvgIpc) is 2.53. The molecular weight excluding hydrogens is 276 g/mol. The van der Waals surface area contributed by atoms with Crippen LogP contribution in [0.5, 0.6) is 0 Å². The van der Waals surface area contributed by atoms with E-state index in [0.29, 0.717) is 19.5 Å². The molecule has 0 aliphatic heterocycles. The largest absolute Gasteiger partial charge is 0.354 e. The van der Waals surface area contributed by atoms with Crippen molar-refractivity contribution in [2.45, 2.75) is 13.3 Å². The van der Waals surface area contributed by atoms with Crippen LogP contribution in [0.2, 0.25) is 0 Å². The number of hydrogen-bond acceptors (Lipinski definition) is 2. The second kappa shape index (κ2) is 7.98. The summed E-state index contributed by atoms with van der Waals surface area (Å²) in [6.07, 6.45) is 0.353. The topological polar surface area (TPSA) is 49.4 Å². The maximum Gasteiger partial charge on any atom is 0.224 e. The van der Waals surface area contributed by atoms with Gasteiger partial charge in [-0.05, 0) is 17.7 Å². The van der Waals surface area contributed by atoms with Crippen LogP contribution in [-0.2, 0) is 16.0 Å². The Morgan fingerprint density at radius 2 is 1.55 bits per heavy atom. The van der Waals surface area contributed by atoms with Gasteiger partial charge >= 0.3 is 0 Å². The lowest BCUT2D eigenvalue weighted by Gasteiger charge is -2.21. The molecule has 0 radical (unpaired) electrons. The van der Waals surface area contributed by atoms with E-state index in [0.717, 1.165) is 11.3 Å². The summed E-state index contributed by atoms with van der Waals surface area (Å²) in [7, 11) is 0. The molecule has 2 amide bonds. The quantitative estimate of drug-likeness (QED) is 0.890. The molecule has 114 valence electrons. The van der Waals surface area contributed by atoms with Crippen molar-refractivity contribution in [2.24, 2.45) is 0 Å². The van der Waals surface area contributed by atoms with Crippen molar-refractivity contribution in [3.05, 3.63) is 66.2 Å². The maximum absolute atomic E-state index is 11.9. The Labute approximate surface area is 130 Å². The second-order valence-electron chi connectivity index (χ2n) is 5.02. The molecule has 0 aromatic heterocycles. The first-order valence-corrected chi connectivity index (χ1v) is 7.30. The van der Waals surface area contributed by atoms with Crippen LogP contribution in [0.25, 0.3) is 0 Å². The SMILES string of the molecule is CC(=O)N(CCNC(=O)Cc1ccccc1)c1ccccc1. The fourth-order valence-electron chi connectivity index (χ4n) is 2.23. The van der Waals surface area contributed by atoms with Crippen LogP contribution in [0, 0.1) is 0 Å². The number of hydrogen-bond donors (Lipinski definition) is 1. The summed E-state index contributed by atoms with van der Waals surface area (Å²) in [6.45, 7) is 2.42. The van der Waals surface area contributed by atoms with Gasteiger partial charge in [-0.25, -0.2) is 0 Å². The molecular formula is C18H20N2O2. The third kappa shape index (κ3) is 4.74. The van der Waals surface area contributed by atoms with Crippen molar-refractivity contribution >= 4 is 17.5 Å². The summed E-state index contributed by atoms with van der Waals surface area (Å²) < 4.78 is 0. The lowest BCUT2D eigenvalue weighted by Crippen LogP contribution is -2.38. The number of benzene rings is 2. The molecule has 0 fully saturated rings. The Morgan fingerprint density at radius 1 is 0.955 bits per heavy atom. The Morgan fingerprint density at radius 3 is 2.14 bits per heavy atom. The minimum atomic E-state index is -0.0391. The first kappa shape index (κ1) is 15.8. The van der Waals surface area contributed by atoms with Gasteiger partial charge < -0.3 is 10.2 Å². The van der Waals surface area contributed by atoms with Crippen LogP contribution in [0.4, 0.5) is 5.69 Å². The van der Waals surface area contributed by atoms with Crippen molar-refractivity contribution in [2.75, 3.05) is 18.0 Å². The highest BCUT2D eigenvalue weighted by Gasteiger charge is 2.11. The minimum Gasteiger partial charge on any atom is -0.354 e. The van der Waals surface area contributed by atoms with Gasteiger partial charge in [-0.2, -0.15) is 0 Å². The molecule has 0 saturated heterocycles. The molecule has 22 heavy (non-hydrogen) atoms. The van der Waals surface area contributed by atoms with E-state index in [1.165, 1.54) is 6.92 Å². The number of amides is 2. The molecule has 1 N–H and O–H groups in total. The Hall–Kier alpha value is -2.62. The number of rotatable bonds is 6. The van der Waals surface area contributed by atoms with Crippen molar-refractivity contribution in [1.29, 1.82) is 0 Å². The molecule has 2 aromatic carbocycles. The van der Waals surface area contributed by atoms with E-state index in [-0.39, 0.29) is 11.8 Å². The van der Waals surface area contributed by atoms with E-state index in [2.05, 4.69) is 5.32 Å². The first-order valence-electron chi connectivity index (χ1n) is 7.30. The average molecular weight is 296 g/mol. The second-order valence-corrected chi connectivity index (χ2v) is 5.02. The zero-order valence-electron chi connectivity index (χ0n) is 12.7. The molecule has 2 rings (SSSR count). The Bertz CT molecular complexity index is 611. The third-order valence-electron chi connectivity index (χ3n) is 3.31. The number of carbonyl (C=O) groups excluding carboxylic acids is 2. The van der Waals surface area contributed by atoms with E-state index in [9.17, 15) is 9.59 Å². The third-order valence-corrected chi connectivity index (χ3v) is 3.31. The Kier molecular flexibility index (Phi) is 5.72. The Balaban J connectivity index is 1.83. The zero-order chi connectivity index (χ0) is 15.8. The van der Waals surface area contributed by atoms with Gasteiger partial charge in [0.15, 0.2) is 0 Å². The van der Waals surface area contributed by atoms with Gasteiger partial charge in [-0.3, -0.25) is 9.59 Å². The molecule has 0 atom stereocenters. The number of para-hydroxylation sites is 1. The lowest BCUT2D eigenvalue weighted by molar-refractivity contribution is -0.121. The first-order chi connectivity index (χ1) is 10.7. The molecule has 0 unspecified atom stereocenters. The fourth-order valence-corrected chi connectivity index (χ4v) is 2.23. The molecule has 0 heterocycles. The summed E-state index contributed by atoms with van der Waals surface area (Å²) in [5, 5.41) is 2.85. The van der Waals surface area contributed by atoms with E-state index < -0.39 is 0 Å². The van der Waals surface area contributed by atoms with Gasteiger partial charge in [0.05, 0.1) is 6.42 Å². The van der Waals surface area contributed by atoms with E-state index >= 15 is 0 Å². The van der Waals surface area contributed by atoms with Crippen molar-refractivity contribution in [1.82, 2.24) is 5.32 Å². The van der Waals surface area contributed by atoms with Crippen LogP contribution in [0.3, 0.4) is 0 Å². The number of anilines is 1. The van der Waals surface area contributed by atoms with Crippen LogP contribution in [0.15, 0.2) is 60.7 Å². The normalized spacial score (nSPS) is 10.0. The van der Waals surface area contributed by atoms with Crippen molar-refractivity contribution in [3.8, 4) is 0 Å². The molecule has 0 aliphatic carbocycles. The monoisotopic (exact) mass is 296 g/mol. The standard InChI is InChI=1S/C18H20N2O2/c1-15(21)20(17-10-6-3-7-11-17)13-12-19-18(22)14-16-8-4-2-5-9-16/h2-11H,12-14H2,1H3,(H,19,22). The maximum atomic E-state index is 11.9. The van der Waals surface area contributed by atoms with Crippen LogP contribution in [-0.4, -0.2) is 24.9 Å². The van der Waals surface area contributed by atoms with Gasteiger partial charge in [-0.1, -0.05) is 48.5 Å². The van der Waals surface area contributed by atoms with Gasteiger partial charge in [0.1, 0.15) is 0 Å². The van der Waals surface area contributed by atoms with E-state index in [1.54, 1.807) is 4.90 Å². The summed E-state index contributed by atoms with van der Waals surface area (Å²) in [4.78, 5) is 25.3. The summed E-state index contributed by atoms with van der Waals surface area (Å²) in [5.74, 6) is -0.0775. The summed E-state index contributed by atoms with van der Waals surface area (Å²) in [5.41, 5.74) is 1.82. The van der Waals surface area contributed by atoms with Gasteiger partial charge in [0, 0.05) is 25.7 Å². The number of carbonyl (C=O) groups is 2. The predicted molar refractivity (Wildman–Crippen MR) is 87.6 cm³/mol. The molecule has 2 aromatic rings. The summed E-state index contributed by atoms with van der Waals surface area (Å²) >= 11 is 0. The summed E-state index contributed by atoms with van der Waals surface area (Å²) in [6, 6.07) is 19.0. The number of nitrogens with zero attached hydrogens (tertiary/aromatic N) is 1. The van der Waals surface area contributed by atoms with Crippen LogP contribution < -0.4 is 10.2 Å². The molecule has 0 saturated carbocycles. The molecule has 4 nitrogen and oxygen atoms in total. The highest BCUT2D eigenvalue weighted by atomic mass is 16.2. The van der Waals surface area contributed by atoms with Gasteiger partial charge in [0.25, 0.3) is 0 Å². The highest BCUT2D eigenvalue weighted by Crippen LogP contribution is 2.12. The van der Waals surface area contributed by atoms with Crippen LogP contribution >= 0.6 is 0 Å². The minimum absolute atomic E-state index is 0.0384. The molecule has 0 aliphatic rings. The molecule has 4 heteroatoms. The molecule has 0 spiro atoms. The highest BCUT2D eigenvalue weighted by molar-refractivity contribution is 5.91. The van der Waals surface area contributed by atoms with E-state index in [1.807, 2.05) is 60.7 Å². The van der Waals surface area contributed by atoms with Crippen molar-refractivity contribution < 1.29 is 9.59 Å². The molecule has 0 bridgehead atoms. The fraction of sp³-hybridized carbons (Fsp3) is 0.222. The van der Waals surface area contributed by atoms with Crippen LogP contribution in [0.1, 0.15) is 12.5 Å².